The monoisotopic (exact) mass is 354 g/mol. The average Bonchev–Trinajstić information content (AvgIpc) is 2.78. The van der Waals surface area contributed by atoms with Gasteiger partial charge in [0.05, 0.1) is 29.2 Å². The summed E-state index contributed by atoms with van der Waals surface area (Å²) in [5, 5.41) is 9.07. The van der Waals surface area contributed by atoms with Crippen molar-refractivity contribution in [3.05, 3.63) is 46.8 Å². The Balaban J connectivity index is 1.99. The van der Waals surface area contributed by atoms with Gasteiger partial charge in [0.25, 0.3) is 5.91 Å². The van der Waals surface area contributed by atoms with Gasteiger partial charge in [-0.25, -0.2) is 0 Å². The summed E-state index contributed by atoms with van der Waals surface area (Å²) in [4.78, 5) is 23.9. The zero-order chi connectivity index (χ0) is 18.8. The summed E-state index contributed by atoms with van der Waals surface area (Å²) in [5.41, 5.74) is 0.816. The van der Waals surface area contributed by atoms with Crippen molar-refractivity contribution in [2.24, 2.45) is 7.05 Å². The number of carbonyl (C=O) groups is 2. The number of hydrogen-bond acceptors (Lipinski definition) is 3. The number of nitrogens with zero attached hydrogens (tertiary/aromatic N) is 2. The van der Waals surface area contributed by atoms with E-state index in [2.05, 4.69) is 15.7 Å². The fourth-order valence-electron chi connectivity index (χ4n) is 2.24. The average molecular weight is 354 g/mol. The van der Waals surface area contributed by atoms with Crippen LogP contribution in [0.3, 0.4) is 0 Å². The number of benzene rings is 1. The standard InChI is InChI=1S/C16H17F3N4O2/c1-9-14(10(2)23(3)22-9)21-13(24)8-20-15(25)11-5-4-6-12(7-11)16(17,18)19/h4-7H,8H2,1-3H3,(H,20,25)(H,21,24). The minimum atomic E-state index is -4.54. The van der Waals surface area contributed by atoms with Crippen LogP contribution >= 0.6 is 0 Å². The van der Waals surface area contributed by atoms with Gasteiger partial charge in [-0.2, -0.15) is 18.3 Å². The molecular formula is C16H17F3N4O2. The summed E-state index contributed by atoms with van der Waals surface area (Å²) in [6.45, 7) is 3.13. The Bertz CT molecular complexity index is 812. The summed E-state index contributed by atoms with van der Waals surface area (Å²) in [7, 11) is 1.73. The van der Waals surface area contributed by atoms with Crippen LogP contribution in [0.15, 0.2) is 24.3 Å². The lowest BCUT2D eigenvalue weighted by Crippen LogP contribution is -2.33. The van der Waals surface area contributed by atoms with Crippen molar-refractivity contribution in [1.29, 1.82) is 0 Å². The second kappa shape index (κ2) is 6.96. The van der Waals surface area contributed by atoms with E-state index in [4.69, 9.17) is 0 Å². The van der Waals surface area contributed by atoms with Gasteiger partial charge < -0.3 is 10.6 Å². The number of amides is 2. The Labute approximate surface area is 142 Å². The van der Waals surface area contributed by atoms with Crippen molar-refractivity contribution in [3.63, 3.8) is 0 Å². The third kappa shape index (κ3) is 4.37. The lowest BCUT2D eigenvalue weighted by molar-refractivity contribution is -0.137. The van der Waals surface area contributed by atoms with Gasteiger partial charge in [-0.1, -0.05) is 6.07 Å². The third-order valence-corrected chi connectivity index (χ3v) is 3.64. The second-order valence-corrected chi connectivity index (χ2v) is 5.48. The van der Waals surface area contributed by atoms with Crippen LogP contribution in [0.2, 0.25) is 0 Å². The summed E-state index contributed by atoms with van der Waals surface area (Å²) in [6.07, 6.45) is -4.54. The molecule has 2 N–H and O–H groups in total. The maximum absolute atomic E-state index is 12.7. The van der Waals surface area contributed by atoms with Crippen molar-refractivity contribution in [1.82, 2.24) is 15.1 Å². The lowest BCUT2D eigenvalue weighted by atomic mass is 10.1. The molecule has 0 saturated heterocycles. The number of nitrogens with one attached hydrogen (secondary N) is 2. The van der Waals surface area contributed by atoms with Crippen LogP contribution < -0.4 is 10.6 Å². The van der Waals surface area contributed by atoms with E-state index < -0.39 is 23.6 Å². The molecule has 0 aliphatic carbocycles. The first kappa shape index (κ1) is 18.5. The van der Waals surface area contributed by atoms with Crippen LogP contribution in [0.5, 0.6) is 0 Å². The maximum atomic E-state index is 12.7. The Morgan fingerprint density at radius 1 is 1.24 bits per heavy atom. The van der Waals surface area contributed by atoms with Crippen LogP contribution in [-0.4, -0.2) is 28.1 Å². The van der Waals surface area contributed by atoms with E-state index in [0.717, 1.165) is 23.9 Å². The zero-order valence-corrected chi connectivity index (χ0v) is 13.9. The molecule has 0 spiro atoms. The highest BCUT2D eigenvalue weighted by atomic mass is 19.4. The molecule has 0 bridgehead atoms. The van der Waals surface area contributed by atoms with E-state index in [1.54, 1.807) is 25.6 Å². The van der Waals surface area contributed by atoms with Gasteiger partial charge in [0.15, 0.2) is 0 Å². The van der Waals surface area contributed by atoms with Crippen LogP contribution in [-0.2, 0) is 18.0 Å². The molecule has 0 unspecified atom stereocenters. The van der Waals surface area contributed by atoms with Gasteiger partial charge in [-0.15, -0.1) is 0 Å². The SMILES string of the molecule is Cc1nn(C)c(C)c1NC(=O)CNC(=O)c1cccc(C(F)(F)F)c1. The number of rotatable bonds is 4. The number of anilines is 1. The van der Waals surface area contributed by atoms with Crippen LogP contribution in [0.25, 0.3) is 0 Å². The quantitative estimate of drug-likeness (QED) is 0.885. The Hall–Kier alpha value is -2.84. The van der Waals surface area contributed by atoms with Crippen molar-refractivity contribution >= 4 is 17.5 Å². The summed E-state index contributed by atoms with van der Waals surface area (Å²) in [5.74, 6) is -1.26. The van der Waals surface area contributed by atoms with Gasteiger partial charge in [0.2, 0.25) is 5.91 Å². The summed E-state index contributed by atoms with van der Waals surface area (Å²) >= 11 is 0. The fraction of sp³-hybridized carbons (Fsp3) is 0.312. The number of carbonyl (C=O) groups excluding carboxylic acids is 2. The molecule has 0 fully saturated rings. The molecule has 0 aliphatic heterocycles. The molecule has 2 rings (SSSR count). The smallest absolute Gasteiger partial charge is 0.343 e. The first-order chi connectivity index (χ1) is 11.6. The molecule has 1 heterocycles. The van der Waals surface area contributed by atoms with Gasteiger partial charge in [0, 0.05) is 12.6 Å². The highest BCUT2D eigenvalue weighted by Crippen LogP contribution is 2.29. The largest absolute Gasteiger partial charge is 0.416 e. The van der Waals surface area contributed by atoms with E-state index in [9.17, 15) is 22.8 Å². The van der Waals surface area contributed by atoms with E-state index in [1.807, 2.05) is 0 Å². The van der Waals surface area contributed by atoms with E-state index >= 15 is 0 Å². The van der Waals surface area contributed by atoms with Crippen molar-refractivity contribution in [3.8, 4) is 0 Å². The van der Waals surface area contributed by atoms with Crippen molar-refractivity contribution in [2.75, 3.05) is 11.9 Å². The van der Waals surface area contributed by atoms with Gasteiger partial charge in [-0.05, 0) is 32.0 Å². The Morgan fingerprint density at radius 2 is 1.92 bits per heavy atom. The Morgan fingerprint density at radius 3 is 2.48 bits per heavy atom. The molecule has 1 aromatic heterocycles. The highest BCUT2D eigenvalue weighted by Gasteiger charge is 2.30. The molecule has 0 atom stereocenters. The molecule has 1 aromatic carbocycles. The summed E-state index contributed by atoms with van der Waals surface area (Å²) in [6, 6.07) is 4.00. The van der Waals surface area contributed by atoms with E-state index in [-0.39, 0.29) is 12.1 Å². The molecule has 0 saturated carbocycles. The molecule has 2 amide bonds. The number of halogens is 3. The molecular weight excluding hydrogens is 337 g/mol. The minimum absolute atomic E-state index is 0.170. The van der Waals surface area contributed by atoms with Crippen LogP contribution in [0.4, 0.5) is 18.9 Å². The van der Waals surface area contributed by atoms with E-state index in [0.29, 0.717) is 11.4 Å². The Kier molecular flexibility index (Phi) is 5.15. The second-order valence-electron chi connectivity index (χ2n) is 5.48. The lowest BCUT2D eigenvalue weighted by Gasteiger charge is -2.10. The van der Waals surface area contributed by atoms with Gasteiger partial charge >= 0.3 is 6.18 Å². The molecule has 25 heavy (non-hydrogen) atoms. The first-order valence-electron chi connectivity index (χ1n) is 7.35. The molecule has 6 nitrogen and oxygen atoms in total. The first-order valence-corrected chi connectivity index (χ1v) is 7.35. The van der Waals surface area contributed by atoms with Gasteiger partial charge in [0.1, 0.15) is 0 Å². The number of aryl methyl sites for hydroxylation is 2. The maximum Gasteiger partial charge on any atom is 0.416 e. The van der Waals surface area contributed by atoms with E-state index in [1.165, 1.54) is 6.07 Å². The number of aromatic nitrogens is 2. The van der Waals surface area contributed by atoms with Crippen LogP contribution in [0.1, 0.15) is 27.3 Å². The fourth-order valence-corrected chi connectivity index (χ4v) is 2.24. The zero-order valence-electron chi connectivity index (χ0n) is 13.9. The van der Waals surface area contributed by atoms with Gasteiger partial charge in [-0.3, -0.25) is 14.3 Å². The number of alkyl halides is 3. The molecule has 2 aromatic rings. The highest BCUT2D eigenvalue weighted by molar-refractivity contribution is 5.99. The molecule has 134 valence electrons. The number of hydrogen-bond donors (Lipinski definition) is 2. The predicted octanol–water partition coefficient (Wildman–Crippen LogP) is 2.42. The predicted molar refractivity (Wildman–Crippen MR) is 85.1 cm³/mol. The normalized spacial score (nSPS) is 11.3. The molecule has 0 radical (unpaired) electrons. The molecule has 9 heteroatoms. The third-order valence-electron chi connectivity index (χ3n) is 3.64. The van der Waals surface area contributed by atoms with Crippen LogP contribution in [0, 0.1) is 13.8 Å². The summed E-state index contributed by atoms with van der Waals surface area (Å²) < 4.78 is 39.6. The topological polar surface area (TPSA) is 76.0 Å². The van der Waals surface area contributed by atoms with Crippen molar-refractivity contribution in [2.45, 2.75) is 20.0 Å². The minimum Gasteiger partial charge on any atom is -0.343 e. The van der Waals surface area contributed by atoms with Crippen molar-refractivity contribution < 1.29 is 22.8 Å². The molecule has 0 aliphatic rings.